The number of H-pyrrole nitrogens is 1. The number of rotatable bonds is 9. The molecular formula is C31H37BrN8O5. The molecule has 14 heteroatoms. The maximum absolute atomic E-state index is 13.5. The van der Waals surface area contributed by atoms with Crippen molar-refractivity contribution in [3.8, 4) is 22.9 Å². The van der Waals surface area contributed by atoms with Gasteiger partial charge < -0.3 is 24.0 Å². The lowest BCUT2D eigenvalue weighted by Crippen LogP contribution is -2.42. The first kappa shape index (κ1) is 31.9. The van der Waals surface area contributed by atoms with Gasteiger partial charge in [0.15, 0.2) is 5.69 Å². The van der Waals surface area contributed by atoms with E-state index in [0.717, 1.165) is 10.9 Å². The number of hydrogen-bond acceptors (Lipinski definition) is 9. The molecule has 238 valence electrons. The summed E-state index contributed by atoms with van der Waals surface area (Å²) in [5.41, 5.74) is 2.56. The average molecular weight is 682 g/mol. The Morgan fingerprint density at radius 3 is 2.64 bits per heavy atom. The third-order valence-corrected chi connectivity index (χ3v) is 8.04. The first-order valence-corrected chi connectivity index (χ1v) is 15.4. The molecule has 1 fully saturated rings. The van der Waals surface area contributed by atoms with Crippen LogP contribution in [0.3, 0.4) is 0 Å². The molecule has 5 rings (SSSR count). The minimum Gasteiger partial charge on any atom is -0.489 e. The number of pyridine rings is 2. The number of carbonyl (C=O) groups excluding carboxylic acids is 2. The molecule has 4 aromatic rings. The van der Waals surface area contributed by atoms with Crippen molar-refractivity contribution in [2.75, 3.05) is 40.4 Å². The van der Waals surface area contributed by atoms with Crippen LogP contribution in [0.25, 0.3) is 28.2 Å². The van der Waals surface area contributed by atoms with Gasteiger partial charge in [-0.05, 0) is 55.6 Å². The summed E-state index contributed by atoms with van der Waals surface area (Å²) in [4.78, 5) is 38.1. The van der Waals surface area contributed by atoms with E-state index in [9.17, 15) is 9.59 Å². The fourth-order valence-electron chi connectivity index (χ4n) is 5.01. The van der Waals surface area contributed by atoms with Crippen LogP contribution in [-0.2, 0) is 4.74 Å². The average Bonchev–Trinajstić information content (AvgIpc) is 3.63. The summed E-state index contributed by atoms with van der Waals surface area (Å²) in [5.74, 6) is 0.668. The van der Waals surface area contributed by atoms with Crippen molar-refractivity contribution in [1.29, 1.82) is 0 Å². The van der Waals surface area contributed by atoms with Gasteiger partial charge in [-0.2, -0.15) is 10.2 Å². The van der Waals surface area contributed by atoms with Crippen LogP contribution >= 0.6 is 15.9 Å². The number of halogens is 1. The maximum Gasteiger partial charge on any atom is 0.410 e. The van der Waals surface area contributed by atoms with Crippen LogP contribution in [0.5, 0.6) is 11.6 Å². The number of hydrogen-bond donors (Lipinski definition) is 1. The summed E-state index contributed by atoms with van der Waals surface area (Å²) < 4.78 is 19.5. The molecule has 13 nitrogen and oxygen atoms in total. The van der Waals surface area contributed by atoms with E-state index in [1.165, 1.54) is 0 Å². The number of aromatic amines is 1. The van der Waals surface area contributed by atoms with Crippen LogP contribution in [0.2, 0.25) is 0 Å². The SMILES string of the molecule is C=Cc1cn(C2CCN(C(=O)OC(C)(C)C)CC2)nc1C(=O)N(C)CCOc1cnc(OC)cc1-c1cc2c(Br)n[nH]c2cn1. The molecule has 0 aliphatic carbocycles. The molecule has 0 atom stereocenters. The van der Waals surface area contributed by atoms with Crippen LogP contribution in [0.15, 0.2) is 41.9 Å². The van der Waals surface area contributed by atoms with Gasteiger partial charge in [0.2, 0.25) is 5.88 Å². The topological polar surface area (TPSA) is 141 Å². The monoisotopic (exact) mass is 680 g/mol. The Kier molecular flexibility index (Phi) is 9.42. The highest BCUT2D eigenvalue weighted by Gasteiger charge is 2.29. The number of nitrogens with one attached hydrogen (secondary N) is 1. The summed E-state index contributed by atoms with van der Waals surface area (Å²) in [6.45, 7) is 11.0. The van der Waals surface area contributed by atoms with Crippen LogP contribution in [0, 0.1) is 0 Å². The Labute approximate surface area is 269 Å². The molecule has 1 N–H and O–H groups in total. The van der Waals surface area contributed by atoms with E-state index >= 15 is 0 Å². The first-order valence-electron chi connectivity index (χ1n) is 14.6. The zero-order valence-electron chi connectivity index (χ0n) is 26.0. The molecule has 5 heterocycles. The smallest absolute Gasteiger partial charge is 0.410 e. The Morgan fingerprint density at radius 1 is 1.20 bits per heavy atom. The van der Waals surface area contributed by atoms with Crippen molar-refractivity contribution in [3.05, 3.63) is 53.2 Å². The number of carbonyl (C=O) groups is 2. The first-order chi connectivity index (χ1) is 21.5. The van der Waals surface area contributed by atoms with E-state index in [1.807, 2.05) is 37.7 Å². The molecular weight excluding hydrogens is 644 g/mol. The molecule has 0 bridgehead atoms. The molecule has 0 radical (unpaired) electrons. The van der Waals surface area contributed by atoms with Gasteiger partial charge in [0.05, 0.1) is 43.3 Å². The lowest BCUT2D eigenvalue weighted by molar-refractivity contribution is 0.0184. The second kappa shape index (κ2) is 13.3. The summed E-state index contributed by atoms with van der Waals surface area (Å²) in [5, 5.41) is 12.6. The van der Waals surface area contributed by atoms with Crippen molar-refractivity contribution >= 4 is 44.9 Å². The number of likely N-dealkylation sites (tertiary alicyclic amines) is 1. The molecule has 1 aliphatic heterocycles. The zero-order valence-corrected chi connectivity index (χ0v) is 27.6. The molecule has 0 saturated carbocycles. The van der Waals surface area contributed by atoms with Crippen molar-refractivity contribution in [2.24, 2.45) is 0 Å². The molecule has 4 aromatic heterocycles. The summed E-state index contributed by atoms with van der Waals surface area (Å²) in [6.07, 6.45) is 7.85. The third-order valence-electron chi connectivity index (χ3n) is 7.43. The van der Waals surface area contributed by atoms with E-state index in [0.29, 0.717) is 71.2 Å². The van der Waals surface area contributed by atoms with Crippen LogP contribution < -0.4 is 9.47 Å². The maximum atomic E-state index is 13.5. The highest BCUT2D eigenvalue weighted by Crippen LogP contribution is 2.33. The second-order valence-electron chi connectivity index (χ2n) is 11.7. The quantitative estimate of drug-likeness (QED) is 0.248. The summed E-state index contributed by atoms with van der Waals surface area (Å²) >= 11 is 3.45. The van der Waals surface area contributed by atoms with Gasteiger partial charge in [0.1, 0.15) is 22.6 Å². The third kappa shape index (κ3) is 7.27. The Balaban J connectivity index is 1.23. The number of fused-ring (bicyclic) bond motifs is 1. The highest BCUT2D eigenvalue weighted by atomic mass is 79.9. The molecule has 1 saturated heterocycles. The predicted octanol–water partition coefficient (Wildman–Crippen LogP) is 5.35. The number of likely N-dealkylation sites (N-methyl/N-ethyl adjacent to an activating group) is 1. The van der Waals surface area contributed by atoms with Crippen molar-refractivity contribution in [1.82, 2.24) is 39.7 Å². The highest BCUT2D eigenvalue weighted by molar-refractivity contribution is 9.10. The fraction of sp³-hybridized carbons (Fsp3) is 0.419. The van der Waals surface area contributed by atoms with Gasteiger partial charge in [0.25, 0.3) is 5.91 Å². The summed E-state index contributed by atoms with van der Waals surface area (Å²) in [6, 6.07) is 3.70. The normalized spacial score (nSPS) is 14.0. The van der Waals surface area contributed by atoms with Crippen molar-refractivity contribution < 1.29 is 23.8 Å². The molecule has 0 unspecified atom stereocenters. The number of piperidine rings is 1. The largest absolute Gasteiger partial charge is 0.489 e. The predicted molar refractivity (Wildman–Crippen MR) is 172 cm³/mol. The van der Waals surface area contributed by atoms with E-state index in [4.69, 9.17) is 14.2 Å². The van der Waals surface area contributed by atoms with E-state index in [-0.39, 0.29) is 24.6 Å². The summed E-state index contributed by atoms with van der Waals surface area (Å²) in [7, 11) is 3.25. The van der Waals surface area contributed by atoms with Gasteiger partial charge in [-0.3, -0.25) is 19.6 Å². The number of ether oxygens (including phenoxy) is 3. The lowest BCUT2D eigenvalue weighted by Gasteiger charge is -2.33. The fourth-order valence-corrected chi connectivity index (χ4v) is 5.42. The molecule has 45 heavy (non-hydrogen) atoms. The standard InChI is InChI=1S/C31H37BrN8O5/c1-7-19-18-40(20-8-10-39(11-9-20)30(42)45-31(2,3)4)37-27(19)29(41)38(5)12-13-44-25-17-34-26(43-6)15-21(25)23-14-22-24(16-33-23)35-36-28(22)32/h7,14-18,20H,1,8-13H2,2-6H3,(H,35,36). The van der Waals surface area contributed by atoms with Crippen LogP contribution in [0.1, 0.15) is 55.7 Å². The number of aromatic nitrogens is 6. The number of nitrogens with zero attached hydrogens (tertiary/aromatic N) is 7. The second-order valence-corrected chi connectivity index (χ2v) is 12.5. The Hall–Kier alpha value is -4.46. The molecule has 2 amide bonds. The van der Waals surface area contributed by atoms with Gasteiger partial charge in [-0.1, -0.05) is 12.7 Å². The van der Waals surface area contributed by atoms with Crippen LogP contribution in [0.4, 0.5) is 4.79 Å². The van der Waals surface area contributed by atoms with Gasteiger partial charge in [0, 0.05) is 48.9 Å². The molecule has 0 spiro atoms. The van der Waals surface area contributed by atoms with Gasteiger partial charge in [-0.25, -0.2) is 9.78 Å². The number of amides is 2. The zero-order chi connectivity index (χ0) is 32.3. The van der Waals surface area contributed by atoms with Gasteiger partial charge in [-0.15, -0.1) is 0 Å². The minimum atomic E-state index is -0.542. The lowest BCUT2D eigenvalue weighted by atomic mass is 10.1. The van der Waals surface area contributed by atoms with Crippen molar-refractivity contribution in [3.63, 3.8) is 0 Å². The van der Waals surface area contributed by atoms with E-state index in [2.05, 4.69) is 47.8 Å². The van der Waals surface area contributed by atoms with E-state index in [1.54, 1.807) is 48.5 Å². The van der Waals surface area contributed by atoms with Crippen molar-refractivity contribution in [2.45, 2.75) is 45.3 Å². The number of methoxy groups -OCH3 is 1. The Bertz CT molecular complexity index is 1700. The Morgan fingerprint density at radius 2 is 1.96 bits per heavy atom. The van der Waals surface area contributed by atoms with E-state index < -0.39 is 5.60 Å². The van der Waals surface area contributed by atoms with Crippen LogP contribution in [-0.4, -0.2) is 97.7 Å². The van der Waals surface area contributed by atoms with Gasteiger partial charge >= 0.3 is 6.09 Å². The minimum absolute atomic E-state index is 0.0501. The molecule has 0 aromatic carbocycles. The molecule has 1 aliphatic rings.